The van der Waals surface area contributed by atoms with Crippen LogP contribution in [0.4, 0.5) is 0 Å². The number of aromatic nitrogens is 1. The molecule has 4 aromatic rings. The van der Waals surface area contributed by atoms with Crippen LogP contribution < -0.4 is 5.32 Å². The van der Waals surface area contributed by atoms with E-state index in [0.29, 0.717) is 28.2 Å². The summed E-state index contributed by atoms with van der Waals surface area (Å²) in [5.74, 6) is 2.49. The Morgan fingerprint density at radius 3 is 2.12 bits per heavy atom. The molecule has 4 rings (SSSR count). The predicted molar refractivity (Wildman–Crippen MR) is 183 cm³/mol. The molecular weight excluding hydrogens is 651 g/mol. The van der Waals surface area contributed by atoms with Crippen molar-refractivity contribution in [3.63, 3.8) is 0 Å². The maximum Gasteiger partial charge on any atom is 0.209 e. The lowest BCUT2D eigenvalue weighted by Gasteiger charge is -2.25. The van der Waals surface area contributed by atoms with Gasteiger partial charge in [0.2, 0.25) is 11.6 Å². The first kappa shape index (κ1) is 31.1. The molecule has 0 spiro atoms. The lowest BCUT2D eigenvalue weighted by molar-refractivity contribution is 0.102. The Morgan fingerprint density at radius 2 is 1.52 bits per heavy atom. The second-order valence-corrected chi connectivity index (χ2v) is 12.0. The quantitative estimate of drug-likeness (QED) is 0.0801. The van der Waals surface area contributed by atoms with Gasteiger partial charge in [0.05, 0.1) is 17.3 Å². The highest BCUT2D eigenvalue weighted by atomic mass is 127. The lowest BCUT2D eigenvalue weighted by atomic mass is 9.85. The van der Waals surface area contributed by atoms with Crippen LogP contribution in [0.5, 0.6) is 0 Å². The fraction of sp³-hybridized carbons (Fsp3) is 0.167. The molecular formula is C36H33IN2O2S. The van der Waals surface area contributed by atoms with Gasteiger partial charge in [0.15, 0.2) is 0 Å². The summed E-state index contributed by atoms with van der Waals surface area (Å²) in [5.41, 5.74) is 9.96. The smallest absolute Gasteiger partial charge is 0.209 e. The zero-order valence-corrected chi connectivity index (χ0v) is 27.4. The maximum atomic E-state index is 13.4. The van der Waals surface area contributed by atoms with Crippen LogP contribution in [0.3, 0.4) is 0 Å². The molecule has 0 amide bonds. The number of hydrogen-bond donors (Lipinski definition) is 2. The highest BCUT2D eigenvalue weighted by Crippen LogP contribution is 2.35. The van der Waals surface area contributed by atoms with Crippen LogP contribution in [0.2, 0.25) is 0 Å². The molecule has 1 unspecified atom stereocenters. The summed E-state index contributed by atoms with van der Waals surface area (Å²) in [6.07, 6.45) is 1.77. The lowest BCUT2D eigenvalue weighted by Crippen LogP contribution is -2.25. The normalized spacial score (nSPS) is 11.8. The molecule has 3 aromatic carbocycles. The number of allylic oxidation sites excluding steroid dienone is 3. The number of ketones is 2. The monoisotopic (exact) mass is 684 g/mol. The standard InChI is InChI=1S/C36H33IN2O2S/c1-7-30(35(40)28-12-8-22(2)9-13-28)38-26(6)34(33-24(4)20-23(3)21-25(33)5)31-16-17-32(39-31)36(41)29-14-10-27(11-15-29)18-19-42-37/h7-17,20-21,34,38-39H,6H2,1-5H3/b30-7-. The highest BCUT2D eigenvalue weighted by molar-refractivity contribution is 14.2. The first-order chi connectivity index (χ1) is 20.1. The fourth-order valence-electron chi connectivity index (χ4n) is 5.18. The van der Waals surface area contributed by atoms with Crippen LogP contribution in [-0.2, 0) is 0 Å². The molecule has 0 fully saturated rings. The molecule has 4 nitrogen and oxygen atoms in total. The Balaban J connectivity index is 1.69. The first-order valence-electron chi connectivity index (χ1n) is 13.6. The Kier molecular flexibility index (Phi) is 10.3. The van der Waals surface area contributed by atoms with Crippen LogP contribution in [0, 0.1) is 38.9 Å². The summed E-state index contributed by atoms with van der Waals surface area (Å²) in [5, 5.41) is 6.29. The number of carbonyl (C=O) groups excluding carboxylic acids is 2. The average Bonchev–Trinajstić information content (AvgIpc) is 3.46. The largest absolute Gasteiger partial charge is 0.356 e. The number of carbonyl (C=O) groups is 2. The molecule has 0 saturated heterocycles. The zero-order chi connectivity index (χ0) is 30.4. The van der Waals surface area contributed by atoms with Crippen molar-refractivity contribution in [3.05, 3.63) is 153 Å². The van der Waals surface area contributed by atoms with Crippen molar-refractivity contribution in [2.75, 3.05) is 0 Å². The Hall–Kier alpha value is -3.80. The van der Waals surface area contributed by atoms with Gasteiger partial charge in [-0.25, -0.2) is 0 Å². The second-order valence-electron chi connectivity index (χ2n) is 10.3. The third kappa shape index (κ3) is 7.15. The number of H-pyrrole nitrogens is 1. The minimum Gasteiger partial charge on any atom is -0.356 e. The van der Waals surface area contributed by atoms with E-state index in [0.717, 1.165) is 33.5 Å². The van der Waals surface area contributed by atoms with Gasteiger partial charge in [0.1, 0.15) is 0 Å². The number of halogens is 1. The number of benzene rings is 3. The fourth-order valence-corrected chi connectivity index (χ4v) is 5.67. The van der Waals surface area contributed by atoms with Gasteiger partial charge in [-0.15, -0.1) is 0 Å². The van der Waals surface area contributed by atoms with E-state index < -0.39 is 0 Å². The molecule has 212 valence electrons. The number of aromatic amines is 1. The van der Waals surface area contributed by atoms with E-state index in [2.05, 4.69) is 82.2 Å². The average molecular weight is 685 g/mol. The molecule has 1 aromatic heterocycles. The van der Waals surface area contributed by atoms with E-state index in [1.807, 2.05) is 62.4 Å². The molecule has 0 aliphatic heterocycles. The molecule has 0 aliphatic carbocycles. The molecule has 0 bridgehead atoms. The summed E-state index contributed by atoms with van der Waals surface area (Å²) in [4.78, 5) is 30.2. The van der Waals surface area contributed by atoms with Gasteiger partial charge in [-0.1, -0.05) is 66.1 Å². The molecule has 0 radical (unpaired) electrons. The van der Waals surface area contributed by atoms with E-state index in [1.165, 1.54) is 14.5 Å². The molecule has 2 N–H and O–H groups in total. The number of rotatable bonds is 9. The summed E-state index contributed by atoms with van der Waals surface area (Å²) in [6.45, 7) is 14.5. The molecule has 1 heterocycles. The number of nitrogens with one attached hydrogen (secondary N) is 2. The summed E-state index contributed by atoms with van der Waals surface area (Å²) in [6, 6.07) is 22.9. The third-order valence-corrected chi connectivity index (χ3v) is 8.00. The minimum atomic E-state index is -0.337. The topological polar surface area (TPSA) is 62.0 Å². The predicted octanol–water partition coefficient (Wildman–Crippen LogP) is 8.89. The highest BCUT2D eigenvalue weighted by Gasteiger charge is 2.26. The SMILES string of the molecule is C=C(N/C(=C\C)C(=O)c1ccc(C)cc1)C(c1ccc(C(=O)c2ccc(C#CSI)cc2)[nH]1)c1c(C)cc(C)cc1C. The maximum absolute atomic E-state index is 13.4. The van der Waals surface area contributed by atoms with Crippen LogP contribution in [0.25, 0.3) is 0 Å². The van der Waals surface area contributed by atoms with Crippen molar-refractivity contribution in [2.24, 2.45) is 0 Å². The number of Topliss-reactive ketones (excluding diaryl/α,β-unsaturated/α-hetero) is 1. The van der Waals surface area contributed by atoms with Crippen molar-refractivity contribution in [3.8, 4) is 11.2 Å². The third-order valence-electron chi connectivity index (χ3n) is 7.16. The Bertz CT molecular complexity index is 1710. The second kappa shape index (κ2) is 13.9. The molecule has 0 saturated carbocycles. The molecule has 6 heteroatoms. The van der Waals surface area contributed by atoms with Crippen LogP contribution in [-0.4, -0.2) is 16.6 Å². The molecule has 42 heavy (non-hydrogen) atoms. The van der Waals surface area contributed by atoms with Gasteiger partial charge in [-0.2, -0.15) is 0 Å². The summed E-state index contributed by atoms with van der Waals surface area (Å²) < 4.78 is 0. The van der Waals surface area contributed by atoms with Crippen LogP contribution in [0.15, 0.2) is 96.8 Å². The van der Waals surface area contributed by atoms with E-state index in [1.54, 1.807) is 18.2 Å². The van der Waals surface area contributed by atoms with Crippen LogP contribution in [0.1, 0.15) is 78.3 Å². The minimum absolute atomic E-state index is 0.109. The van der Waals surface area contributed by atoms with E-state index >= 15 is 0 Å². The van der Waals surface area contributed by atoms with Gasteiger partial charge < -0.3 is 10.3 Å². The van der Waals surface area contributed by atoms with Gasteiger partial charge in [-0.05, 0) is 102 Å². The van der Waals surface area contributed by atoms with E-state index in [4.69, 9.17) is 0 Å². The van der Waals surface area contributed by atoms with Crippen molar-refractivity contribution >= 4 is 41.7 Å². The number of hydrogen-bond acceptors (Lipinski definition) is 4. The Labute approximate surface area is 264 Å². The van der Waals surface area contributed by atoms with Gasteiger partial charge >= 0.3 is 0 Å². The summed E-state index contributed by atoms with van der Waals surface area (Å²) in [7, 11) is 1.42. The van der Waals surface area contributed by atoms with Crippen LogP contribution >= 0.6 is 30.1 Å². The van der Waals surface area contributed by atoms with Gasteiger partial charge in [0, 0.05) is 49.3 Å². The van der Waals surface area contributed by atoms with Gasteiger partial charge in [-0.3, -0.25) is 9.59 Å². The van der Waals surface area contributed by atoms with Crippen molar-refractivity contribution in [2.45, 2.75) is 40.5 Å². The molecule has 0 aliphatic rings. The van der Waals surface area contributed by atoms with Crippen molar-refractivity contribution in [1.29, 1.82) is 0 Å². The van der Waals surface area contributed by atoms with Crippen molar-refractivity contribution in [1.82, 2.24) is 10.3 Å². The number of aryl methyl sites for hydroxylation is 4. The van der Waals surface area contributed by atoms with Crippen molar-refractivity contribution < 1.29 is 9.59 Å². The van der Waals surface area contributed by atoms with E-state index in [9.17, 15) is 9.59 Å². The molecule has 1 atom stereocenters. The van der Waals surface area contributed by atoms with Gasteiger partial charge in [0.25, 0.3) is 0 Å². The van der Waals surface area contributed by atoms with E-state index in [-0.39, 0.29) is 17.5 Å². The Morgan fingerprint density at radius 1 is 0.905 bits per heavy atom. The summed E-state index contributed by atoms with van der Waals surface area (Å²) >= 11 is 2.13. The zero-order valence-electron chi connectivity index (χ0n) is 24.4. The first-order valence-corrected chi connectivity index (χ1v) is 16.9.